The molecule has 64 valence electrons. The Labute approximate surface area is 67.8 Å². The highest BCUT2D eigenvalue weighted by Gasteiger charge is 2.17. The van der Waals surface area contributed by atoms with Crippen LogP contribution in [0, 0.1) is 5.41 Å². The molecule has 0 aliphatic carbocycles. The molecule has 3 heteroatoms. The molecule has 1 heterocycles. The number of nitrogens with one attached hydrogen (secondary N) is 1. The first-order chi connectivity index (χ1) is 5.20. The molecule has 0 radical (unpaired) electrons. The molecule has 0 saturated carbocycles. The fourth-order valence-corrected chi connectivity index (χ4v) is 1.33. The second kappa shape index (κ2) is 3.72. The van der Waals surface area contributed by atoms with Crippen LogP contribution in [0.4, 0.5) is 0 Å². The molecule has 0 aromatic rings. The Balaban J connectivity index is 2.45. The molecule has 1 aliphatic rings. The van der Waals surface area contributed by atoms with Crippen molar-refractivity contribution >= 4 is 5.90 Å². The normalized spacial score (nSPS) is 26.5. The summed E-state index contributed by atoms with van der Waals surface area (Å²) in [7, 11) is 4.12. The molecule has 0 bridgehead atoms. The molecule has 1 N–H and O–H groups in total. The van der Waals surface area contributed by atoms with E-state index in [0.29, 0.717) is 11.9 Å². The molecule has 1 rings (SSSR count). The summed E-state index contributed by atoms with van der Waals surface area (Å²) in [5, 5.41) is 7.40. The first kappa shape index (κ1) is 8.53. The van der Waals surface area contributed by atoms with Gasteiger partial charge in [0.2, 0.25) is 0 Å². The zero-order valence-corrected chi connectivity index (χ0v) is 7.26. The van der Waals surface area contributed by atoms with Gasteiger partial charge in [-0.1, -0.05) is 0 Å². The van der Waals surface area contributed by atoms with Gasteiger partial charge in [0, 0.05) is 12.5 Å². The third kappa shape index (κ3) is 2.50. The summed E-state index contributed by atoms with van der Waals surface area (Å²) < 4.78 is 5.14. The summed E-state index contributed by atoms with van der Waals surface area (Å²) in [6.07, 6.45) is 2.99. The van der Waals surface area contributed by atoms with Crippen LogP contribution in [0.5, 0.6) is 0 Å². The van der Waals surface area contributed by atoms with Crippen LogP contribution in [-0.2, 0) is 4.74 Å². The Kier molecular flexibility index (Phi) is 2.88. The SMILES string of the molecule is CN(C)C1CCCOC(=N)C1. The molecule has 0 amide bonds. The van der Waals surface area contributed by atoms with Crippen molar-refractivity contribution in [2.24, 2.45) is 0 Å². The molecule has 1 atom stereocenters. The fourth-order valence-electron chi connectivity index (χ4n) is 1.33. The summed E-state index contributed by atoms with van der Waals surface area (Å²) in [5.74, 6) is 0.446. The van der Waals surface area contributed by atoms with E-state index in [1.807, 2.05) is 0 Å². The Morgan fingerprint density at radius 2 is 2.27 bits per heavy atom. The Morgan fingerprint density at radius 1 is 1.55 bits per heavy atom. The maximum atomic E-state index is 7.40. The summed E-state index contributed by atoms with van der Waals surface area (Å²) in [4.78, 5) is 2.17. The molecule has 3 nitrogen and oxygen atoms in total. The van der Waals surface area contributed by atoms with E-state index < -0.39 is 0 Å². The van der Waals surface area contributed by atoms with Crippen LogP contribution in [0.15, 0.2) is 0 Å². The zero-order chi connectivity index (χ0) is 8.27. The second-order valence-electron chi connectivity index (χ2n) is 3.24. The van der Waals surface area contributed by atoms with Crippen molar-refractivity contribution in [2.45, 2.75) is 25.3 Å². The van der Waals surface area contributed by atoms with Crippen LogP contribution in [0.2, 0.25) is 0 Å². The van der Waals surface area contributed by atoms with Gasteiger partial charge < -0.3 is 9.64 Å². The van der Waals surface area contributed by atoms with Crippen molar-refractivity contribution in [1.82, 2.24) is 4.90 Å². The lowest BCUT2D eigenvalue weighted by Gasteiger charge is -2.20. The van der Waals surface area contributed by atoms with E-state index in [4.69, 9.17) is 10.1 Å². The van der Waals surface area contributed by atoms with Gasteiger partial charge in [0.25, 0.3) is 0 Å². The van der Waals surface area contributed by atoms with Crippen LogP contribution in [0.1, 0.15) is 19.3 Å². The number of ether oxygens (including phenoxy) is 1. The molecule has 0 aromatic heterocycles. The first-order valence-electron chi connectivity index (χ1n) is 4.07. The molecule has 0 aromatic carbocycles. The van der Waals surface area contributed by atoms with E-state index >= 15 is 0 Å². The highest BCUT2D eigenvalue weighted by molar-refractivity contribution is 5.73. The standard InChI is InChI=1S/C8H16N2O/c1-10(2)7-4-3-5-11-8(9)6-7/h7,9H,3-6H2,1-2H3. The number of rotatable bonds is 1. The van der Waals surface area contributed by atoms with E-state index in [1.54, 1.807) is 0 Å². The lowest BCUT2D eigenvalue weighted by atomic mass is 10.1. The number of nitrogens with zero attached hydrogens (tertiary/aromatic N) is 1. The van der Waals surface area contributed by atoms with Gasteiger partial charge in [0.05, 0.1) is 6.61 Å². The smallest absolute Gasteiger partial charge is 0.181 e. The van der Waals surface area contributed by atoms with Gasteiger partial charge in [-0.25, -0.2) is 0 Å². The minimum absolute atomic E-state index is 0.446. The van der Waals surface area contributed by atoms with Crippen molar-refractivity contribution in [2.75, 3.05) is 20.7 Å². The summed E-state index contributed by atoms with van der Waals surface area (Å²) in [6.45, 7) is 0.725. The number of hydrogen-bond acceptors (Lipinski definition) is 3. The minimum atomic E-state index is 0.446. The van der Waals surface area contributed by atoms with Crippen molar-refractivity contribution in [1.29, 1.82) is 5.41 Å². The first-order valence-corrected chi connectivity index (χ1v) is 4.07. The Bertz CT molecular complexity index is 145. The molecule has 0 spiro atoms. The average Bonchev–Trinajstić information content (AvgIpc) is 2.13. The van der Waals surface area contributed by atoms with Crippen molar-refractivity contribution < 1.29 is 4.74 Å². The van der Waals surface area contributed by atoms with Gasteiger partial charge in [0.1, 0.15) is 0 Å². The highest BCUT2D eigenvalue weighted by atomic mass is 16.5. The third-order valence-electron chi connectivity index (χ3n) is 2.11. The zero-order valence-electron chi connectivity index (χ0n) is 7.26. The molecule has 1 aliphatic heterocycles. The molecule has 11 heavy (non-hydrogen) atoms. The summed E-state index contributed by atoms with van der Waals surface area (Å²) in [6, 6.07) is 0.505. The highest BCUT2D eigenvalue weighted by Crippen LogP contribution is 2.13. The summed E-state index contributed by atoms with van der Waals surface area (Å²) >= 11 is 0. The van der Waals surface area contributed by atoms with Gasteiger partial charge in [-0.3, -0.25) is 5.41 Å². The lowest BCUT2D eigenvalue weighted by Crippen LogP contribution is -2.28. The molecule has 1 unspecified atom stereocenters. The molecule has 1 fully saturated rings. The van der Waals surface area contributed by atoms with Crippen molar-refractivity contribution in [3.05, 3.63) is 0 Å². The number of hydrogen-bond donors (Lipinski definition) is 1. The predicted molar refractivity (Wildman–Crippen MR) is 45.0 cm³/mol. The largest absolute Gasteiger partial charge is 0.481 e. The minimum Gasteiger partial charge on any atom is -0.481 e. The van der Waals surface area contributed by atoms with E-state index in [1.165, 1.54) is 0 Å². The van der Waals surface area contributed by atoms with Crippen molar-refractivity contribution in [3.8, 4) is 0 Å². The van der Waals surface area contributed by atoms with Gasteiger partial charge in [0.15, 0.2) is 5.90 Å². The predicted octanol–water partition coefficient (Wildman–Crippen LogP) is 1.09. The Hall–Kier alpha value is -0.570. The van der Waals surface area contributed by atoms with Gasteiger partial charge in [-0.15, -0.1) is 0 Å². The van der Waals surface area contributed by atoms with E-state index in [9.17, 15) is 0 Å². The van der Waals surface area contributed by atoms with Crippen LogP contribution in [-0.4, -0.2) is 37.5 Å². The molecular formula is C8H16N2O. The van der Waals surface area contributed by atoms with Crippen LogP contribution < -0.4 is 0 Å². The van der Waals surface area contributed by atoms with Gasteiger partial charge in [-0.2, -0.15) is 0 Å². The van der Waals surface area contributed by atoms with Gasteiger partial charge >= 0.3 is 0 Å². The maximum absolute atomic E-state index is 7.40. The average molecular weight is 156 g/mol. The van der Waals surface area contributed by atoms with Gasteiger partial charge in [-0.05, 0) is 26.9 Å². The lowest BCUT2D eigenvalue weighted by molar-refractivity contribution is 0.282. The molecular weight excluding hydrogens is 140 g/mol. The molecule has 1 saturated heterocycles. The fraction of sp³-hybridized carbons (Fsp3) is 0.875. The topological polar surface area (TPSA) is 36.3 Å². The second-order valence-corrected chi connectivity index (χ2v) is 3.24. The van der Waals surface area contributed by atoms with E-state index in [2.05, 4.69) is 19.0 Å². The van der Waals surface area contributed by atoms with E-state index in [0.717, 1.165) is 25.9 Å². The van der Waals surface area contributed by atoms with Crippen LogP contribution in [0.25, 0.3) is 0 Å². The quantitative estimate of drug-likeness (QED) is 0.617. The monoisotopic (exact) mass is 156 g/mol. The van der Waals surface area contributed by atoms with E-state index in [-0.39, 0.29) is 0 Å². The van der Waals surface area contributed by atoms with Crippen LogP contribution in [0.3, 0.4) is 0 Å². The van der Waals surface area contributed by atoms with Crippen LogP contribution >= 0.6 is 0 Å². The van der Waals surface area contributed by atoms with Crippen molar-refractivity contribution in [3.63, 3.8) is 0 Å². The Morgan fingerprint density at radius 3 is 2.91 bits per heavy atom. The third-order valence-corrected chi connectivity index (χ3v) is 2.11. The summed E-state index contributed by atoms with van der Waals surface area (Å²) in [5.41, 5.74) is 0. The maximum Gasteiger partial charge on any atom is 0.181 e.